The summed E-state index contributed by atoms with van der Waals surface area (Å²) < 4.78 is 75.8. The highest BCUT2D eigenvalue weighted by Crippen LogP contribution is 2.39. The van der Waals surface area contributed by atoms with E-state index < -0.39 is 35.9 Å². The van der Waals surface area contributed by atoms with Crippen LogP contribution in [0.4, 0.5) is 22.0 Å². The third-order valence-corrected chi connectivity index (χ3v) is 6.56. The summed E-state index contributed by atoms with van der Waals surface area (Å²) in [5, 5.41) is 0. The van der Waals surface area contributed by atoms with Crippen LogP contribution in [0, 0.1) is 17.6 Å². The number of alkyl halides is 3. The second-order valence-corrected chi connectivity index (χ2v) is 9.35. The third kappa shape index (κ3) is 7.22. The summed E-state index contributed by atoms with van der Waals surface area (Å²) in [7, 11) is 0. The van der Waals surface area contributed by atoms with Gasteiger partial charge in [0.25, 0.3) is 0 Å². The number of ether oxygens (including phenoxy) is 2. The Morgan fingerprint density at radius 1 is 0.897 bits per heavy atom. The lowest BCUT2D eigenvalue weighted by molar-refractivity contribution is -0.274. The first-order valence-corrected chi connectivity index (χ1v) is 12.8. The highest BCUT2D eigenvalue weighted by Gasteiger charge is 2.39. The highest BCUT2D eigenvalue weighted by molar-refractivity contribution is 6.04. The SMILES string of the molecule is CCCCCCOC(=O)[C@H]1CC(c2c(F)cccc2F)=NC1c1ccc(-c2ccc(OC(F)(F)F)cc2)cc1. The molecule has 206 valence electrons. The predicted octanol–water partition coefficient (Wildman–Crippen LogP) is 8.20. The summed E-state index contributed by atoms with van der Waals surface area (Å²) in [6.45, 7) is 2.34. The molecule has 0 radical (unpaired) electrons. The van der Waals surface area contributed by atoms with E-state index in [2.05, 4.69) is 16.7 Å². The number of benzene rings is 3. The molecule has 0 bridgehead atoms. The van der Waals surface area contributed by atoms with Gasteiger partial charge < -0.3 is 9.47 Å². The van der Waals surface area contributed by atoms with E-state index in [-0.39, 0.29) is 30.1 Å². The molecule has 9 heteroatoms. The number of carbonyl (C=O) groups is 1. The maximum Gasteiger partial charge on any atom is 0.573 e. The lowest BCUT2D eigenvalue weighted by Crippen LogP contribution is -2.22. The zero-order valence-corrected chi connectivity index (χ0v) is 21.3. The first kappa shape index (κ1) is 28.3. The van der Waals surface area contributed by atoms with Gasteiger partial charge in [0.05, 0.1) is 24.1 Å². The van der Waals surface area contributed by atoms with E-state index in [0.29, 0.717) is 11.1 Å². The standard InChI is InChI=1S/C30H28F5NO3/c1-2-3-4-5-17-38-29(37)23-18-26(27-24(31)7-6-8-25(27)32)36-28(23)21-11-9-19(10-12-21)20-13-15-22(16-14-20)39-30(33,34)35/h6-16,23,28H,2-5,17-18H2,1H3/t23-,28?/m0/s1. The lowest BCUT2D eigenvalue weighted by atomic mass is 9.90. The molecule has 39 heavy (non-hydrogen) atoms. The summed E-state index contributed by atoms with van der Waals surface area (Å²) >= 11 is 0. The van der Waals surface area contributed by atoms with E-state index in [0.717, 1.165) is 43.4 Å². The average molecular weight is 546 g/mol. The van der Waals surface area contributed by atoms with Crippen LogP contribution in [0.5, 0.6) is 5.75 Å². The van der Waals surface area contributed by atoms with Crippen molar-refractivity contribution in [3.8, 4) is 16.9 Å². The van der Waals surface area contributed by atoms with E-state index in [1.807, 2.05) is 0 Å². The van der Waals surface area contributed by atoms with Crippen molar-refractivity contribution in [1.29, 1.82) is 0 Å². The molecule has 0 spiro atoms. The highest BCUT2D eigenvalue weighted by atomic mass is 19.4. The number of aliphatic imine (C=N–C) groups is 1. The second kappa shape index (κ2) is 12.4. The van der Waals surface area contributed by atoms with Gasteiger partial charge >= 0.3 is 12.3 Å². The second-order valence-electron chi connectivity index (χ2n) is 9.35. The van der Waals surface area contributed by atoms with Gasteiger partial charge in [0, 0.05) is 12.1 Å². The average Bonchev–Trinajstić information content (AvgIpc) is 3.33. The maximum atomic E-state index is 14.5. The van der Waals surface area contributed by atoms with E-state index in [9.17, 15) is 26.7 Å². The maximum absolute atomic E-state index is 14.5. The van der Waals surface area contributed by atoms with Crippen molar-refractivity contribution in [2.75, 3.05) is 6.61 Å². The Hall–Kier alpha value is -3.75. The number of carbonyl (C=O) groups excluding carboxylic acids is 1. The summed E-state index contributed by atoms with van der Waals surface area (Å²) in [5.74, 6) is -3.07. The molecule has 1 aliphatic heterocycles. The number of rotatable bonds is 10. The van der Waals surface area contributed by atoms with Gasteiger partial charge in [0.2, 0.25) is 0 Å². The van der Waals surface area contributed by atoms with Crippen LogP contribution in [0.2, 0.25) is 0 Å². The first-order chi connectivity index (χ1) is 18.7. The molecule has 0 aromatic heterocycles. The van der Waals surface area contributed by atoms with Gasteiger partial charge in [-0.2, -0.15) is 0 Å². The summed E-state index contributed by atoms with van der Waals surface area (Å²) in [6.07, 6.45) is -1.00. The number of esters is 1. The Bertz CT molecular complexity index is 1280. The quantitative estimate of drug-likeness (QED) is 0.147. The van der Waals surface area contributed by atoms with Gasteiger partial charge in [0.15, 0.2) is 0 Å². The summed E-state index contributed by atoms with van der Waals surface area (Å²) in [6, 6.07) is 15.3. The van der Waals surface area contributed by atoms with Crippen molar-refractivity contribution >= 4 is 11.7 Å². The van der Waals surface area contributed by atoms with Crippen molar-refractivity contribution < 1.29 is 36.2 Å². The number of nitrogens with zero attached hydrogens (tertiary/aromatic N) is 1. The van der Waals surface area contributed by atoms with Crippen LogP contribution in [0.3, 0.4) is 0 Å². The molecule has 1 heterocycles. The van der Waals surface area contributed by atoms with Gasteiger partial charge in [-0.25, -0.2) is 8.78 Å². The molecule has 0 amide bonds. The molecule has 1 unspecified atom stereocenters. The van der Waals surface area contributed by atoms with Crippen LogP contribution in [-0.4, -0.2) is 24.7 Å². The van der Waals surface area contributed by atoms with Crippen LogP contribution in [0.15, 0.2) is 71.7 Å². The third-order valence-electron chi connectivity index (χ3n) is 6.56. The minimum atomic E-state index is -4.78. The Balaban J connectivity index is 1.56. The summed E-state index contributed by atoms with van der Waals surface area (Å²) in [5.41, 5.74) is 1.93. The zero-order valence-electron chi connectivity index (χ0n) is 21.3. The molecule has 0 fully saturated rings. The largest absolute Gasteiger partial charge is 0.573 e. The predicted molar refractivity (Wildman–Crippen MR) is 137 cm³/mol. The molecular formula is C30H28F5NO3. The monoisotopic (exact) mass is 545 g/mol. The molecule has 4 rings (SSSR count). The Morgan fingerprint density at radius 3 is 2.10 bits per heavy atom. The Labute approximate surface area is 223 Å². The zero-order chi connectivity index (χ0) is 28.0. The molecule has 0 N–H and O–H groups in total. The molecule has 3 aromatic rings. The number of unbranched alkanes of at least 4 members (excludes halogenated alkanes) is 3. The molecule has 0 aliphatic carbocycles. The van der Waals surface area contributed by atoms with Gasteiger partial charge in [-0.1, -0.05) is 68.7 Å². The van der Waals surface area contributed by atoms with E-state index in [1.165, 1.54) is 30.3 Å². The fourth-order valence-electron chi connectivity index (χ4n) is 4.62. The molecule has 0 saturated carbocycles. The van der Waals surface area contributed by atoms with Crippen LogP contribution in [0.25, 0.3) is 11.1 Å². The lowest BCUT2D eigenvalue weighted by Gasteiger charge is -2.18. The normalized spacial score (nSPS) is 17.1. The van der Waals surface area contributed by atoms with E-state index in [4.69, 9.17) is 4.74 Å². The van der Waals surface area contributed by atoms with Crippen molar-refractivity contribution in [2.45, 2.75) is 51.4 Å². The van der Waals surface area contributed by atoms with Gasteiger partial charge in [-0.3, -0.25) is 9.79 Å². The smallest absolute Gasteiger partial charge is 0.465 e. The molecule has 2 atom stereocenters. The fourth-order valence-corrected chi connectivity index (χ4v) is 4.62. The Morgan fingerprint density at radius 2 is 1.51 bits per heavy atom. The molecule has 1 aliphatic rings. The van der Waals surface area contributed by atoms with Gasteiger partial charge in [-0.15, -0.1) is 13.2 Å². The number of halogens is 5. The van der Waals surface area contributed by atoms with Crippen molar-refractivity contribution in [2.24, 2.45) is 10.9 Å². The molecular weight excluding hydrogens is 517 g/mol. The van der Waals surface area contributed by atoms with Crippen molar-refractivity contribution in [3.05, 3.63) is 89.5 Å². The minimum absolute atomic E-state index is 0.0265. The number of hydrogen-bond donors (Lipinski definition) is 0. The molecule has 0 saturated heterocycles. The minimum Gasteiger partial charge on any atom is -0.465 e. The first-order valence-electron chi connectivity index (χ1n) is 12.8. The van der Waals surface area contributed by atoms with Crippen molar-refractivity contribution in [3.63, 3.8) is 0 Å². The van der Waals surface area contributed by atoms with E-state index in [1.54, 1.807) is 24.3 Å². The fraction of sp³-hybridized carbons (Fsp3) is 0.333. The topological polar surface area (TPSA) is 47.9 Å². The molecule has 3 aromatic carbocycles. The van der Waals surface area contributed by atoms with Gasteiger partial charge in [0.1, 0.15) is 17.4 Å². The van der Waals surface area contributed by atoms with Crippen molar-refractivity contribution in [1.82, 2.24) is 0 Å². The van der Waals surface area contributed by atoms with Crippen LogP contribution in [0.1, 0.15) is 56.2 Å². The molecule has 4 nitrogen and oxygen atoms in total. The number of hydrogen-bond acceptors (Lipinski definition) is 4. The van der Waals surface area contributed by atoms with Crippen LogP contribution in [-0.2, 0) is 9.53 Å². The van der Waals surface area contributed by atoms with E-state index >= 15 is 0 Å². The van der Waals surface area contributed by atoms with Crippen LogP contribution >= 0.6 is 0 Å². The van der Waals surface area contributed by atoms with Crippen LogP contribution < -0.4 is 4.74 Å². The Kier molecular flexibility index (Phi) is 8.99. The van der Waals surface area contributed by atoms with Gasteiger partial charge in [-0.05, 0) is 47.4 Å². The summed E-state index contributed by atoms with van der Waals surface area (Å²) in [4.78, 5) is 17.6.